The molecule has 0 heterocycles. The van der Waals surface area contributed by atoms with Crippen LogP contribution in [0.25, 0.3) is 0 Å². The summed E-state index contributed by atoms with van der Waals surface area (Å²) in [5, 5.41) is 11.8. The average Bonchev–Trinajstić information content (AvgIpc) is 2.64. The summed E-state index contributed by atoms with van der Waals surface area (Å²) in [5.74, 6) is 0.0165. The van der Waals surface area contributed by atoms with Gasteiger partial charge in [0.15, 0.2) is 5.78 Å². The molecule has 2 aromatic carbocycles. The number of ketones is 1. The lowest BCUT2D eigenvalue weighted by molar-refractivity contribution is 0.0403. The van der Waals surface area contributed by atoms with Crippen molar-refractivity contribution < 1.29 is 14.6 Å². The van der Waals surface area contributed by atoms with Gasteiger partial charge >= 0.3 is 0 Å². The lowest BCUT2D eigenvalue weighted by Crippen LogP contribution is -2.28. The van der Waals surface area contributed by atoms with E-state index < -0.39 is 6.10 Å². The third-order valence-corrected chi connectivity index (χ3v) is 3.72. The maximum Gasteiger partial charge on any atom is 0.191 e. The van der Waals surface area contributed by atoms with Gasteiger partial charge in [-0.2, -0.15) is 0 Å². The van der Waals surface area contributed by atoms with Crippen LogP contribution in [-0.4, -0.2) is 43.3 Å². The van der Waals surface area contributed by atoms with Gasteiger partial charge in [-0.15, -0.1) is 0 Å². The minimum Gasteiger partial charge on any atom is -0.395 e. The summed E-state index contributed by atoms with van der Waals surface area (Å²) in [4.78, 5) is 12.7. The highest BCUT2D eigenvalue weighted by Gasteiger charge is 2.21. The molecule has 0 spiro atoms. The molecule has 1 atom stereocenters. The maximum atomic E-state index is 12.7. The number of hydrogen-bond acceptors (Lipinski definition) is 4. The SMILES string of the molecule is O=C(c1ccccc1)C(Cc1ccccc1)OCCCNCCO. The molecular formula is C20H25NO3. The molecule has 2 aromatic rings. The number of nitrogens with one attached hydrogen (secondary N) is 1. The van der Waals surface area contributed by atoms with Crippen molar-refractivity contribution >= 4 is 5.78 Å². The molecule has 0 radical (unpaired) electrons. The number of ether oxygens (including phenoxy) is 1. The van der Waals surface area contributed by atoms with Gasteiger partial charge in [0, 0.05) is 25.1 Å². The monoisotopic (exact) mass is 327 g/mol. The van der Waals surface area contributed by atoms with Crippen LogP contribution in [0.1, 0.15) is 22.3 Å². The van der Waals surface area contributed by atoms with Crippen molar-refractivity contribution in [2.45, 2.75) is 18.9 Å². The topological polar surface area (TPSA) is 58.6 Å². The van der Waals surface area contributed by atoms with Crippen molar-refractivity contribution in [2.24, 2.45) is 0 Å². The Bertz CT molecular complexity index is 586. The Labute approximate surface area is 143 Å². The van der Waals surface area contributed by atoms with Crippen LogP contribution in [0.3, 0.4) is 0 Å². The van der Waals surface area contributed by atoms with Crippen LogP contribution in [0.5, 0.6) is 0 Å². The van der Waals surface area contributed by atoms with Crippen LogP contribution in [-0.2, 0) is 11.2 Å². The van der Waals surface area contributed by atoms with E-state index in [2.05, 4.69) is 5.32 Å². The Hall–Kier alpha value is -2.01. The fourth-order valence-electron chi connectivity index (χ4n) is 2.47. The largest absolute Gasteiger partial charge is 0.395 e. The van der Waals surface area contributed by atoms with Crippen molar-refractivity contribution in [2.75, 3.05) is 26.3 Å². The summed E-state index contributed by atoms with van der Waals surface area (Å²) in [7, 11) is 0. The second-order valence-corrected chi connectivity index (χ2v) is 5.61. The summed E-state index contributed by atoms with van der Waals surface area (Å²) < 4.78 is 5.89. The van der Waals surface area contributed by atoms with Crippen molar-refractivity contribution in [1.82, 2.24) is 5.32 Å². The zero-order valence-electron chi connectivity index (χ0n) is 13.9. The lowest BCUT2D eigenvalue weighted by atomic mass is 10.00. The molecule has 0 saturated heterocycles. The van der Waals surface area contributed by atoms with Crippen LogP contribution < -0.4 is 5.32 Å². The molecule has 0 bridgehead atoms. The first-order chi connectivity index (χ1) is 11.8. The van der Waals surface area contributed by atoms with Gasteiger partial charge in [-0.3, -0.25) is 4.79 Å². The third-order valence-electron chi connectivity index (χ3n) is 3.72. The zero-order valence-corrected chi connectivity index (χ0v) is 13.9. The fourth-order valence-corrected chi connectivity index (χ4v) is 2.47. The highest BCUT2D eigenvalue weighted by molar-refractivity contribution is 5.99. The zero-order chi connectivity index (χ0) is 17.0. The molecule has 0 fully saturated rings. The lowest BCUT2D eigenvalue weighted by Gasteiger charge is -2.17. The second kappa shape index (κ2) is 10.7. The molecule has 0 aliphatic heterocycles. The number of rotatable bonds is 11. The quantitative estimate of drug-likeness (QED) is 0.492. The highest BCUT2D eigenvalue weighted by atomic mass is 16.5. The van der Waals surface area contributed by atoms with Crippen molar-refractivity contribution in [1.29, 1.82) is 0 Å². The predicted molar refractivity (Wildman–Crippen MR) is 95.2 cm³/mol. The number of carbonyl (C=O) groups is 1. The van der Waals surface area contributed by atoms with Gasteiger partial charge in [-0.05, 0) is 18.5 Å². The molecule has 2 rings (SSSR count). The molecule has 24 heavy (non-hydrogen) atoms. The van der Waals surface area contributed by atoms with Crippen molar-refractivity contribution in [3.63, 3.8) is 0 Å². The van der Waals surface area contributed by atoms with Gasteiger partial charge in [0.05, 0.1) is 6.61 Å². The van der Waals surface area contributed by atoms with Gasteiger partial charge < -0.3 is 15.2 Å². The smallest absolute Gasteiger partial charge is 0.191 e. The molecule has 0 aliphatic carbocycles. The molecule has 0 aliphatic rings. The molecule has 4 nitrogen and oxygen atoms in total. The van der Waals surface area contributed by atoms with Crippen LogP contribution in [0.4, 0.5) is 0 Å². The predicted octanol–water partition coefficient (Wildman–Crippen LogP) is 2.47. The highest BCUT2D eigenvalue weighted by Crippen LogP contribution is 2.12. The average molecular weight is 327 g/mol. The van der Waals surface area contributed by atoms with E-state index in [1.54, 1.807) is 0 Å². The van der Waals surface area contributed by atoms with Gasteiger partial charge in [0.1, 0.15) is 6.10 Å². The second-order valence-electron chi connectivity index (χ2n) is 5.61. The molecule has 4 heteroatoms. The van der Waals surface area contributed by atoms with E-state index >= 15 is 0 Å². The Balaban J connectivity index is 1.95. The number of hydrogen-bond donors (Lipinski definition) is 2. The fraction of sp³-hybridized carbons (Fsp3) is 0.350. The van der Waals surface area contributed by atoms with Crippen LogP contribution in [0.2, 0.25) is 0 Å². The normalized spacial score (nSPS) is 12.0. The molecular weight excluding hydrogens is 302 g/mol. The van der Waals surface area contributed by atoms with E-state index in [0.29, 0.717) is 25.1 Å². The Morgan fingerprint density at radius 2 is 1.67 bits per heavy atom. The molecule has 128 valence electrons. The van der Waals surface area contributed by atoms with Crippen LogP contribution >= 0.6 is 0 Å². The number of Topliss-reactive ketones (excluding diaryl/α,β-unsaturated/α-hetero) is 1. The van der Waals surface area contributed by atoms with E-state index in [0.717, 1.165) is 18.5 Å². The first-order valence-corrected chi connectivity index (χ1v) is 8.37. The Morgan fingerprint density at radius 1 is 1.00 bits per heavy atom. The first kappa shape index (κ1) is 18.3. The van der Waals surface area contributed by atoms with Crippen molar-refractivity contribution in [3.8, 4) is 0 Å². The first-order valence-electron chi connectivity index (χ1n) is 8.37. The molecule has 0 amide bonds. The maximum absolute atomic E-state index is 12.7. The van der Waals surface area contributed by atoms with Gasteiger partial charge in [-0.1, -0.05) is 60.7 Å². The minimum absolute atomic E-state index is 0.0165. The summed E-state index contributed by atoms with van der Waals surface area (Å²) in [6.07, 6.45) is 0.888. The molecule has 0 saturated carbocycles. The van der Waals surface area contributed by atoms with Gasteiger partial charge in [0.2, 0.25) is 0 Å². The van der Waals surface area contributed by atoms with Crippen LogP contribution in [0.15, 0.2) is 60.7 Å². The van der Waals surface area contributed by atoms with Gasteiger partial charge in [-0.25, -0.2) is 0 Å². The molecule has 0 aromatic heterocycles. The Kier molecular flexibility index (Phi) is 8.18. The Morgan fingerprint density at radius 3 is 2.33 bits per heavy atom. The summed E-state index contributed by atoms with van der Waals surface area (Å²) in [5.41, 5.74) is 1.77. The number of carbonyl (C=O) groups excluding carboxylic acids is 1. The standard InChI is InChI=1S/C20H25NO3/c22-14-13-21-12-7-15-24-19(16-17-8-3-1-4-9-17)20(23)18-10-5-2-6-11-18/h1-6,8-11,19,21-22H,7,12-16H2. The summed E-state index contributed by atoms with van der Waals surface area (Å²) in [6.45, 7) is 1.98. The molecule has 1 unspecified atom stereocenters. The van der Waals surface area contributed by atoms with Crippen LogP contribution in [0, 0.1) is 0 Å². The van der Waals surface area contributed by atoms with E-state index in [1.807, 2.05) is 60.7 Å². The third kappa shape index (κ3) is 6.24. The van der Waals surface area contributed by atoms with E-state index in [4.69, 9.17) is 9.84 Å². The summed E-state index contributed by atoms with van der Waals surface area (Å²) >= 11 is 0. The number of aliphatic hydroxyl groups is 1. The molecule has 2 N–H and O–H groups in total. The van der Waals surface area contributed by atoms with E-state index in [-0.39, 0.29) is 12.4 Å². The minimum atomic E-state index is -0.479. The number of benzene rings is 2. The number of aliphatic hydroxyl groups excluding tert-OH is 1. The van der Waals surface area contributed by atoms with E-state index in [9.17, 15) is 4.79 Å². The van der Waals surface area contributed by atoms with E-state index in [1.165, 1.54) is 0 Å². The summed E-state index contributed by atoms with van der Waals surface area (Å²) in [6, 6.07) is 19.2. The van der Waals surface area contributed by atoms with Crippen molar-refractivity contribution in [3.05, 3.63) is 71.8 Å². The van der Waals surface area contributed by atoms with Gasteiger partial charge in [0.25, 0.3) is 0 Å².